The van der Waals surface area contributed by atoms with Gasteiger partial charge in [-0.3, -0.25) is 4.79 Å². The van der Waals surface area contributed by atoms with Crippen LogP contribution in [0.5, 0.6) is 0 Å². The zero-order chi connectivity index (χ0) is 13.4. The predicted molar refractivity (Wildman–Crippen MR) is 77.1 cm³/mol. The molecular formula is C11H10Cl2INO3. The second kappa shape index (κ2) is 5.50. The van der Waals surface area contributed by atoms with Crippen molar-refractivity contribution in [1.29, 1.82) is 0 Å². The van der Waals surface area contributed by atoms with Gasteiger partial charge in [-0.05, 0) is 34.7 Å². The Morgan fingerprint density at radius 2 is 1.83 bits per heavy atom. The Balaban J connectivity index is 2.30. The lowest BCUT2D eigenvalue weighted by Gasteiger charge is -2.17. The first-order chi connectivity index (χ1) is 8.40. The highest BCUT2D eigenvalue weighted by atomic mass is 127. The molecule has 0 radical (unpaired) electrons. The molecule has 1 aromatic rings. The van der Waals surface area contributed by atoms with Crippen LogP contribution in [0.1, 0.15) is 10.4 Å². The standard InChI is InChI=1S/C11H10Cl2INO3/c12-5-1-6(10(14)7(13)2-5)11(18)15-3-8(16)9(17)4-15/h1-2,8-9,16-17H,3-4H2/t8-,9+. The minimum absolute atomic E-state index is 0.111. The SMILES string of the molecule is O=C(c1cc(Cl)cc(Cl)c1I)N1C[C@@H](O)[C@@H](O)C1. The smallest absolute Gasteiger partial charge is 0.255 e. The molecule has 4 nitrogen and oxygen atoms in total. The van der Waals surface area contributed by atoms with Crippen molar-refractivity contribution in [1.82, 2.24) is 4.90 Å². The number of rotatable bonds is 1. The van der Waals surface area contributed by atoms with Gasteiger partial charge in [0, 0.05) is 21.7 Å². The van der Waals surface area contributed by atoms with Gasteiger partial charge in [-0.25, -0.2) is 0 Å². The summed E-state index contributed by atoms with van der Waals surface area (Å²) in [5.41, 5.74) is 0.384. The average Bonchev–Trinajstić information content (AvgIpc) is 2.63. The summed E-state index contributed by atoms with van der Waals surface area (Å²) in [5, 5.41) is 19.7. The molecule has 1 aliphatic heterocycles. The average molecular weight is 402 g/mol. The highest BCUT2D eigenvalue weighted by Gasteiger charge is 2.33. The van der Waals surface area contributed by atoms with Gasteiger partial charge in [0.25, 0.3) is 5.91 Å². The van der Waals surface area contributed by atoms with Gasteiger partial charge in [0.05, 0.1) is 22.8 Å². The van der Waals surface area contributed by atoms with Crippen LogP contribution in [0.3, 0.4) is 0 Å². The van der Waals surface area contributed by atoms with Gasteiger partial charge in [0.15, 0.2) is 0 Å². The van der Waals surface area contributed by atoms with Crippen LogP contribution in [0.15, 0.2) is 12.1 Å². The molecule has 1 aromatic carbocycles. The van der Waals surface area contributed by atoms with Gasteiger partial charge in [0.2, 0.25) is 0 Å². The summed E-state index contributed by atoms with van der Waals surface area (Å²) in [7, 11) is 0. The normalized spacial score (nSPS) is 23.5. The Bertz CT molecular complexity index is 487. The van der Waals surface area contributed by atoms with Gasteiger partial charge >= 0.3 is 0 Å². The minimum atomic E-state index is -0.902. The number of hydrogen-bond donors (Lipinski definition) is 2. The molecule has 18 heavy (non-hydrogen) atoms. The summed E-state index contributed by atoms with van der Waals surface area (Å²) >= 11 is 13.8. The minimum Gasteiger partial charge on any atom is -0.388 e. The van der Waals surface area contributed by atoms with E-state index in [9.17, 15) is 15.0 Å². The van der Waals surface area contributed by atoms with E-state index in [-0.39, 0.29) is 19.0 Å². The fourth-order valence-corrected chi connectivity index (χ4v) is 2.85. The number of halogens is 3. The van der Waals surface area contributed by atoms with Crippen molar-refractivity contribution >= 4 is 51.7 Å². The summed E-state index contributed by atoms with van der Waals surface area (Å²) in [6, 6.07) is 3.10. The molecule has 98 valence electrons. The van der Waals surface area contributed by atoms with Gasteiger partial charge < -0.3 is 15.1 Å². The summed E-state index contributed by atoms with van der Waals surface area (Å²) in [6.07, 6.45) is -1.80. The van der Waals surface area contributed by atoms with E-state index < -0.39 is 12.2 Å². The quantitative estimate of drug-likeness (QED) is 0.557. The molecule has 7 heteroatoms. The van der Waals surface area contributed by atoms with E-state index in [1.165, 1.54) is 11.0 Å². The largest absolute Gasteiger partial charge is 0.388 e. The summed E-state index contributed by atoms with van der Waals surface area (Å²) in [5.74, 6) is -0.292. The molecule has 2 atom stereocenters. The first-order valence-corrected chi connectivity index (χ1v) is 7.03. The third-order valence-corrected chi connectivity index (χ3v) is 4.77. The number of β-amino-alcohol motifs (C(OH)–C–C–N with tert-alkyl or cyclic N) is 2. The third kappa shape index (κ3) is 2.75. The summed E-state index contributed by atoms with van der Waals surface area (Å²) in [6.45, 7) is 0.223. The molecule has 1 heterocycles. The number of carbonyl (C=O) groups excluding carboxylic acids is 1. The Kier molecular flexibility index (Phi) is 4.38. The summed E-state index contributed by atoms with van der Waals surface area (Å²) in [4.78, 5) is 13.6. The first-order valence-electron chi connectivity index (χ1n) is 5.20. The van der Waals surface area contributed by atoms with Crippen LogP contribution in [-0.4, -0.2) is 46.3 Å². The van der Waals surface area contributed by atoms with Crippen molar-refractivity contribution in [2.24, 2.45) is 0 Å². The van der Waals surface area contributed by atoms with Crippen LogP contribution in [0.4, 0.5) is 0 Å². The van der Waals surface area contributed by atoms with E-state index in [1.54, 1.807) is 6.07 Å². The van der Waals surface area contributed by atoms with Gasteiger partial charge in [-0.2, -0.15) is 0 Å². The van der Waals surface area contributed by atoms with E-state index in [0.717, 1.165) is 0 Å². The number of aliphatic hydroxyl groups is 2. The van der Waals surface area contributed by atoms with Crippen molar-refractivity contribution in [3.05, 3.63) is 31.3 Å². The van der Waals surface area contributed by atoms with Crippen molar-refractivity contribution in [3.63, 3.8) is 0 Å². The number of nitrogens with zero attached hydrogens (tertiary/aromatic N) is 1. The Labute approximate surface area is 128 Å². The fraction of sp³-hybridized carbons (Fsp3) is 0.364. The van der Waals surface area contributed by atoms with Gasteiger partial charge in [-0.1, -0.05) is 23.2 Å². The summed E-state index contributed by atoms with van der Waals surface area (Å²) < 4.78 is 0.611. The van der Waals surface area contributed by atoms with Crippen molar-refractivity contribution < 1.29 is 15.0 Å². The molecule has 1 amide bonds. The molecule has 0 saturated carbocycles. The molecule has 2 N–H and O–H groups in total. The number of carbonyl (C=O) groups is 1. The lowest BCUT2D eigenvalue weighted by Crippen LogP contribution is -2.30. The maximum Gasteiger partial charge on any atom is 0.255 e. The maximum absolute atomic E-state index is 12.2. The zero-order valence-electron chi connectivity index (χ0n) is 9.11. The third-order valence-electron chi connectivity index (χ3n) is 2.77. The molecule has 0 spiro atoms. The predicted octanol–water partition coefficient (Wildman–Crippen LogP) is 1.78. The van der Waals surface area contributed by atoms with Crippen LogP contribution in [0.25, 0.3) is 0 Å². The Hall–Kier alpha value is -0.0800. The molecule has 1 fully saturated rings. The number of amides is 1. The van der Waals surface area contributed by atoms with Crippen molar-refractivity contribution in [2.75, 3.05) is 13.1 Å². The van der Waals surface area contributed by atoms with E-state index in [1.807, 2.05) is 22.6 Å². The second-order valence-corrected chi connectivity index (χ2v) is 6.02. The second-order valence-electron chi connectivity index (χ2n) is 4.09. The Morgan fingerprint density at radius 3 is 2.39 bits per heavy atom. The van der Waals surface area contributed by atoms with Gasteiger partial charge in [0.1, 0.15) is 0 Å². The van der Waals surface area contributed by atoms with E-state index in [4.69, 9.17) is 23.2 Å². The number of aliphatic hydroxyl groups excluding tert-OH is 2. The van der Waals surface area contributed by atoms with Crippen molar-refractivity contribution in [3.8, 4) is 0 Å². The molecular weight excluding hydrogens is 392 g/mol. The first kappa shape index (κ1) is 14.3. The highest BCUT2D eigenvalue weighted by Crippen LogP contribution is 2.28. The van der Waals surface area contributed by atoms with Crippen LogP contribution in [0.2, 0.25) is 10.0 Å². The molecule has 2 rings (SSSR count). The maximum atomic E-state index is 12.2. The van der Waals surface area contributed by atoms with Crippen LogP contribution in [-0.2, 0) is 0 Å². The number of hydrogen-bond acceptors (Lipinski definition) is 3. The van der Waals surface area contributed by atoms with E-state index in [2.05, 4.69) is 0 Å². The lowest BCUT2D eigenvalue weighted by atomic mass is 10.2. The lowest BCUT2D eigenvalue weighted by molar-refractivity contribution is 0.0572. The topological polar surface area (TPSA) is 60.8 Å². The highest BCUT2D eigenvalue weighted by molar-refractivity contribution is 14.1. The molecule has 0 unspecified atom stereocenters. The monoisotopic (exact) mass is 401 g/mol. The van der Waals surface area contributed by atoms with Gasteiger partial charge in [-0.15, -0.1) is 0 Å². The molecule has 1 saturated heterocycles. The Morgan fingerprint density at radius 1 is 1.28 bits per heavy atom. The van der Waals surface area contributed by atoms with Crippen LogP contribution in [0, 0.1) is 3.57 Å². The number of likely N-dealkylation sites (tertiary alicyclic amines) is 1. The van der Waals surface area contributed by atoms with Crippen LogP contribution < -0.4 is 0 Å². The van der Waals surface area contributed by atoms with E-state index in [0.29, 0.717) is 19.2 Å². The molecule has 0 aromatic heterocycles. The molecule has 0 aliphatic carbocycles. The molecule has 0 bridgehead atoms. The fourth-order valence-electron chi connectivity index (χ4n) is 1.82. The molecule has 1 aliphatic rings. The van der Waals surface area contributed by atoms with Crippen molar-refractivity contribution in [2.45, 2.75) is 12.2 Å². The van der Waals surface area contributed by atoms with E-state index >= 15 is 0 Å². The number of benzene rings is 1. The van der Waals surface area contributed by atoms with Crippen LogP contribution >= 0.6 is 45.8 Å². The zero-order valence-corrected chi connectivity index (χ0v) is 12.8.